The highest BCUT2D eigenvalue weighted by Crippen LogP contribution is 2.59. The van der Waals surface area contributed by atoms with Gasteiger partial charge in [0.2, 0.25) is 0 Å². The Morgan fingerprint density at radius 3 is 1.92 bits per heavy atom. The Kier molecular flexibility index (Phi) is 12.3. The topological polar surface area (TPSA) is 122 Å². The Morgan fingerprint density at radius 1 is 0.723 bits per heavy atom. The van der Waals surface area contributed by atoms with Gasteiger partial charge in [-0.2, -0.15) is 0 Å². The summed E-state index contributed by atoms with van der Waals surface area (Å²) in [6.07, 6.45) is -5.23. The molecule has 0 aromatic heterocycles. The minimum absolute atomic E-state index is 0.226. The van der Waals surface area contributed by atoms with Crippen molar-refractivity contribution in [3.8, 4) is 11.5 Å². The smallest absolute Gasteiger partial charge is 0.338 e. The van der Waals surface area contributed by atoms with Crippen LogP contribution in [0.2, 0.25) is 5.02 Å². The molecule has 2 heterocycles. The Hall–Kier alpha value is -7.06. The van der Waals surface area contributed by atoms with Gasteiger partial charge in [-0.3, -0.25) is 0 Å². The van der Waals surface area contributed by atoms with Gasteiger partial charge in [-0.1, -0.05) is 102 Å². The fourth-order valence-corrected chi connectivity index (χ4v) is 9.39. The summed E-state index contributed by atoms with van der Waals surface area (Å²) in [4.78, 5) is 44.7. The van der Waals surface area contributed by atoms with Gasteiger partial charge in [-0.25, -0.2) is 18.8 Å². The van der Waals surface area contributed by atoms with E-state index in [4.69, 9.17) is 40.0 Å². The van der Waals surface area contributed by atoms with Gasteiger partial charge in [0.1, 0.15) is 24.3 Å². The number of benzene rings is 7. The Labute approximate surface area is 382 Å². The van der Waals surface area contributed by atoms with Crippen molar-refractivity contribution < 1.29 is 47.2 Å². The first-order valence-corrected chi connectivity index (χ1v) is 21.7. The van der Waals surface area contributed by atoms with Crippen molar-refractivity contribution in [2.75, 3.05) is 31.0 Å². The average Bonchev–Trinajstić information content (AvgIpc) is 3.66. The van der Waals surface area contributed by atoms with E-state index in [1.807, 2.05) is 42.2 Å². The molecular formula is C51H40ClFN2O9S. The number of fused-ring (bicyclic) bond motifs is 4. The van der Waals surface area contributed by atoms with Crippen LogP contribution >= 0.6 is 23.4 Å². The van der Waals surface area contributed by atoms with E-state index in [0.717, 1.165) is 5.56 Å². The maximum Gasteiger partial charge on any atom is 0.338 e. The van der Waals surface area contributed by atoms with Gasteiger partial charge in [-0.05, 0) is 73.2 Å². The third-order valence-corrected chi connectivity index (χ3v) is 12.7. The maximum atomic E-state index is 15.5. The van der Waals surface area contributed by atoms with Gasteiger partial charge in [0.05, 0.1) is 58.6 Å². The van der Waals surface area contributed by atoms with Crippen molar-refractivity contribution in [3.63, 3.8) is 0 Å². The standard InChI is InChI=1S/C51H40ClFN2O9S/c1-29-25-37(39(59-2)27-36(29)52)54-42-44(60-3)35-22-14-13-21-34(35)43-47(42)65-41-26-33(53)23-24-38(41)55(43)48-46(64-51(58)32-19-11-6-12-20-32)45(63-50(57)31-17-9-5-10-18-31)40(62-48)28-61-49(56)30-15-7-4-8-16-30/h4-27,40,45-46,48,54H,28H2,1-3H3/t40-,45-,46-,48-/m1/s1. The van der Waals surface area contributed by atoms with E-state index in [2.05, 4.69) is 5.32 Å². The fraction of sp³-hybridized carbons (Fsp3) is 0.157. The van der Waals surface area contributed by atoms with Crippen LogP contribution in [-0.2, 0) is 18.9 Å². The van der Waals surface area contributed by atoms with Gasteiger partial charge in [0.15, 0.2) is 24.2 Å². The molecule has 4 atom stereocenters. The first-order chi connectivity index (χ1) is 31.6. The number of halogens is 2. The number of rotatable bonds is 12. The number of aryl methyl sites for hydroxylation is 1. The summed E-state index contributed by atoms with van der Waals surface area (Å²) in [5.41, 5.74) is 3.66. The molecule has 0 spiro atoms. The van der Waals surface area contributed by atoms with E-state index >= 15 is 4.39 Å². The molecule has 0 amide bonds. The van der Waals surface area contributed by atoms with Crippen LogP contribution in [0.3, 0.4) is 0 Å². The minimum Gasteiger partial charge on any atom is -0.495 e. The Balaban J connectivity index is 1.25. The van der Waals surface area contributed by atoms with Crippen LogP contribution in [0.5, 0.6) is 11.5 Å². The van der Waals surface area contributed by atoms with E-state index in [1.165, 1.54) is 31.0 Å². The molecule has 1 fully saturated rings. The molecular weight excluding hydrogens is 871 g/mol. The molecule has 0 radical (unpaired) electrons. The number of carbonyl (C=O) groups is 3. The van der Waals surface area contributed by atoms with Gasteiger partial charge < -0.3 is 38.6 Å². The summed E-state index contributed by atoms with van der Waals surface area (Å²) in [5, 5.41) is 5.45. The first-order valence-electron chi connectivity index (χ1n) is 20.5. The second-order valence-electron chi connectivity index (χ2n) is 15.1. The molecule has 14 heteroatoms. The SMILES string of the molecule is COc1cc(Cl)c(C)cc1Nc1c2c(c3ccccc3c1OC)N([C@@H]1O[C@H](COC(=O)c3ccccc3)[C@@H](OC(=O)c3ccccc3)[C@H]1OC(=O)c1ccccc1)c1ccc(F)cc1S2. The predicted octanol–water partition coefficient (Wildman–Crippen LogP) is 11.3. The number of methoxy groups -OCH3 is 2. The zero-order valence-electron chi connectivity index (χ0n) is 35.2. The molecule has 0 aliphatic carbocycles. The van der Waals surface area contributed by atoms with Crippen LogP contribution in [0, 0.1) is 12.7 Å². The van der Waals surface area contributed by atoms with Crippen molar-refractivity contribution in [1.29, 1.82) is 0 Å². The second-order valence-corrected chi connectivity index (χ2v) is 16.6. The monoisotopic (exact) mass is 910 g/mol. The quantitative estimate of drug-likeness (QED) is 0.0927. The normalized spacial score (nSPS) is 17.4. The lowest BCUT2D eigenvalue weighted by Crippen LogP contribution is -2.47. The lowest BCUT2D eigenvalue weighted by Gasteiger charge is -2.40. The predicted molar refractivity (Wildman–Crippen MR) is 246 cm³/mol. The fourth-order valence-electron chi connectivity index (χ4n) is 8.02. The molecule has 7 aromatic rings. The highest BCUT2D eigenvalue weighted by atomic mass is 35.5. The Bertz CT molecular complexity index is 2930. The van der Waals surface area contributed by atoms with Crippen LogP contribution in [0.15, 0.2) is 155 Å². The van der Waals surface area contributed by atoms with Crippen molar-refractivity contribution in [1.82, 2.24) is 0 Å². The zero-order chi connectivity index (χ0) is 45.2. The molecule has 11 nitrogen and oxygen atoms in total. The molecule has 0 unspecified atom stereocenters. The number of ether oxygens (including phenoxy) is 6. The number of esters is 3. The van der Waals surface area contributed by atoms with Crippen molar-refractivity contribution in [2.45, 2.75) is 41.3 Å². The maximum absolute atomic E-state index is 15.5. The van der Waals surface area contributed by atoms with Crippen LogP contribution in [0.25, 0.3) is 10.8 Å². The summed E-state index contributed by atoms with van der Waals surface area (Å²) in [7, 11) is 3.10. The molecule has 0 bridgehead atoms. The lowest BCUT2D eigenvalue weighted by molar-refractivity contribution is -0.0446. The lowest BCUT2D eigenvalue weighted by atomic mass is 10.0. The number of carbonyl (C=O) groups excluding carboxylic acids is 3. The number of anilines is 4. The van der Waals surface area contributed by atoms with Gasteiger partial charge in [-0.15, -0.1) is 0 Å². The molecule has 7 aromatic carbocycles. The van der Waals surface area contributed by atoms with Crippen LogP contribution < -0.4 is 19.7 Å². The molecule has 9 rings (SSSR count). The first kappa shape index (κ1) is 43.2. The number of nitrogens with one attached hydrogen (secondary N) is 1. The molecule has 65 heavy (non-hydrogen) atoms. The minimum atomic E-state index is -1.39. The summed E-state index contributed by atoms with van der Waals surface area (Å²) >= 11 is 7.84. The third-order valence-electron chi connectivity index (χ3n) is 11.1. The highest BCUT2D eigenvalue weighted by Gasteiger charge is 2.54. The van der Waals surface area contributed by atoms with Gasteiger partial charge in [0, 0.05) is 26.8 Å². The van der Waals surface area contributed by atoms with Crippen molar-refractivity contribution >= 4 is 74.8 Å². The van der Waals surface area contributed by atoms with Crippen LogP contribution in [0.1, 0.15) is 36.6 Å². The zero-order valence-corrected chi connectivity index (χ0v) is 36.7. The molecule has 328 valence electrons. The molecule has 1 saturated heterocycles. The number of nitrogens with zero attached hydrogens (tertiary/aromatic N) is 1. The van der Waals surface area contributed by atoms with Gasteiger partial charge in [0.25, 0.3) is 0 Å². The molecule has 1 N–H and O–H groups in total. The van der Waals surface area contributed by atoms with Crippen LogP contribution in [-0.4, -0.2) is 63.3 Å². The highest BCUT2D eigenvalue weighted by molar-refractivity contribution is 8.00. The van der Waals surface area contributed by atoms with Crippen LogP contribution in [0.4, 0.5) is 27.1 Å². The van der Waals surface area contributed by atoms with E-state index in [1.54, 1.807) is 110 Å². The third kappa shape index (κ3) is 8.53. The van der Waals surface area contributed by atoms with E-state index in [0.29, 0.717) is 59.8 Å². The second kappa shape index (κ2) is 18.6. The van der Waals surface area contributed by atoms with Crippen molar-refractivity contribution in [3.05, 3.63) is 179 Å². The number of hydrogen-bond acceptors (Lipinski definition) is 12. The van der Waals surface area contributed by atoms with Gasteiger partial charge >= 0.3 is 17.9 Å². The summed E-state index contributed by atoms with van der Waals surface area (Å²) in [5.74, 6) is -1.68. The van der Waals surface area contributed by atoms with E-state index in [9.17, 15) is 14.4 Å². The summed E-state index contributed by atoms with van der Waals surface area (Å²) in [6, 6.07) is 40.6. The largest absolute Gasteiger partial charge is 0.495 e. The Morgan fingerprint density at radius 2 is 1.31 bits per heavy atom. The molecule has 2 aliphatic heterocycles. The van der Waals surface area contributed by atoms with Crippen molar-refractivity contribution in [2.24, 2.45) is 0 Å². The number of hydrogen-bond donors (Lipinski definition) is 1. The van der Waals surface area contributed by atoms with E-state index < -0.39 is 54.9 Å². The molecule has 2 aliphatic rings. The summed E-state index contributed by atoms with van der Waals surface area (Å²) in [6.45, 7) is 1.46. The summed E-state index contributed by atoms with van der Waals surface area (Å²) < 4.78 is 53.0. The average molecular weight is 911 g/mol. The molecule has 0 saturated carbocycles. The van der Waals surface area contributed by atoms with E-state index in [-0.39, 0.29) is 16.7 Å².